The van der Waals surface area contributed by atoms with Crippen LogP contribution in [0, 0.1) is 0 Å². The van der Waals surface area contributed by atoms with Crippen molar-refractivity contribution in [3.05, 3.63) is 42.9 Å². The Kier molecular flexibility index (Phi) is 3.12. The normalized spacial score (nSPS) is 16.8. The minimum absolute atomic E-state index is 0.525. The van der Waals surface area contributed by atoms with Gasteiger partial charge in [0, 0.05) is 43.8 Å². The molecule has 1 fully saturated rings. The molecule has 5 heteroatoms. The van der Waals surface area contributed by atoms with Crippen molar-refractivity contribution < 1.29 is 0 Å². The first-order valence-corrected chi connectivity index (χ1v) is 6.20. The van der Waals surface area contributed by atoms with E-state index in [9.17, 15) is 0 Å². The molecule has 5 nitrogen and oxygen atoms in total. The third-order valence-corrected chi connectivity index (χ3v) is 3.39. The molecule has 0 aromatic carbocycles. The maximum Gasteiger partial charge on any atom is 0.131 e. The van der Waals surface area contributed by atoms with E-state index in [0.717, 1.165) is 37.4 Å². The van der Waals surface area contributed by atoms with Crippen LogP contribution in [-0.2, 0) is 0 Å². The lowest BCUT2D eigenvalue weighted by Gasteiger charge is -2.32. The van der Waals surface area contributed by atoms with E-state index in [1.807, 2.05) is 12.3 Å². The van der Waals surface area contributed by atoms with Gasteiger partial charge in [0.15, 0.2) is 0 Å². The minimum Gasteiger partial charge on any atom is -0.356 e. The molecule has 0 unspecified atom stereocenters. The van der Waals surface area contributed by atoms with E-state index >= 15 is 0 Å². The molecule has 0 atom stereocenters. The smallest absolute Gasteiger partial charge is 0.131 e. The summed E-state index contributed by atoms with van der Waals surface area (Å²) in [5.41, 5.74) is 1.11. The van der Waals surface area contributed by atoms with E-state index in [0.29, 0.717) is 5.92 Å². The molecule has 3 heterocycles. The van der Waals surface area contributed by atoms with E-state index in [1.165, 1.54) is 0 Å². The minimum atomic E-state index is 0.525. The van der Waals surface area contributed by atoms with Crippen molar-refractivity contribution in [1.29, 1.82) is 0 Å². The Bertz CT molecular complexity index is 432. The van der Waals surface area contributed by atoms with Crippen LogP contribution in [0.2, 0.25) is 0 Å². The highest BCUT2D eigenvalue weighted by molar-refractivity contribution is 5.37. The van der Waals surface area contributed by atoms with Crippen LogP contribution in [0.15, 0.2) is 37.2 Å². The van der Waals surface area contributed by atoms with E-state index in [2.05, 4.69) is 24.8 Å². The van der Waals surface area contributed by atoms with Gasteiger partial charge in [0.25, 0.3) is 0 Å². The molecule has 18 heavy (non-hydrogen) atoms. The number of hydrogen-bond donors (Lipinski definition) is 0. The van der Waals surface area contributed by atoms with Crippen LogP contribution in [-0.4, -0.2) is 33.0 Å². The van der Waals surface area contributed by atoms with Crippen molar-refractivity contribution >= 4 is 5.82 Å². The van der Waals surface area contributed by atoms with Crippen molar-refractivity contribution in [1.82, 2.24) is 19.9 Å². The molecule has 0 spiro atoms. The van der Waals surface area contributed by atoms with Gasteiger partial charge in [-0.15, -0.1) is 0 Å². The third kappa shape index (κ3) is 2.30. The van der Waals surface area contributed by atoms with Crippen LogP contribution >= 0.6 is 0 Å². The van der Waals surface area contributed by atoms with Gasteiger partial charge < -0.3 is 4.90 Å². The number of anilines is 1. The van der Waals surface area contributed by atoms with Crippen LogP contribution < -0.4 is 4.90 Å². The van der Waals surface area contributed by atoms with E-state index in [4.69, 9.17) is 0 Å². The SMILES string of the molecule is c1cc(N2CCC(c3cnccn3)CC2)ncn1. The summed E-state index contributed by atoms with van der Waals surface area (Å²) in [5.74, 6) is 1.54. The van der Waals surface area contributed by atoms with Crippen LogP contribution in [0.4, 0.5) is 5.82 Å². The lowest BCUT2D eigenvalue weighted by Crippen LogP contribution is -2.33. The summed E-state index contributed by atoms with van der Waals surface area (Å²) in [6.07, 6.45) is 11.0. The molecular weight excluding hydrogens is 226 g/mol. The average Bonchev–Trinajstić information content (AvgIpc) is 2.49. The number of rotatable bonds is 2. The largest absolute Gasteiger partial charge is 0.356 e. The number of hydrogen-bond acceptors (Lipinski definition) is 5. The lowest BCUT2D eigenvalue weighted by atomic mass is 9.94. The summed E-state index contributed by atoms with van der Waals surface area (Å²) >= 11 is 0. The summed E-state index contributed by atoms with van der Waals surface area (Å²) in [6.45, 7) is 2.02. The van der Waals surface area contributed by atoms with E-state index < -0.39 is 0 Å². The summed E-state index contributed by atoms with van der Waals surface area (Å²) in [5, 5.41) is 0. The highest BCUT2D eigenvalue weighted by Crippen LogP contribution is 2.27. The molecule has 1 saturated heterocycles. The highest BCUT2D eigenvalue weighted by atomic mass is 15.2. The van der Waals surface area contributed by atoms with Gasteiger partial charge in [-0.3, -0.25) is 9.97 Å². The fraction of sp³-hybridized carbons (Fsp3) is 0.385. The van der Waals surface area contributed by atoms with Crippen molar-refractivity contribution in [2.75, 3.05) is 18.0 Å². The standard InChI is InChI=1S/C13H15N5/c1-4-15-10-17-13(1)18-7-2-11(3-8-18)12-9-14-5-6-16-12/h1,4-6,9-11H,2-3,7-8H2. The Morgan fingerprint density at radius 3 is 2.56 bits per heavy atom. The summed E-state index contributed by atoms with van der Waals surface area (Å²) < 4.78 is 0. The summed E-state index contributed by atoms with van der Waals surface area (Å²) in [7, 11) is 0. The summed E-state index contributed by atoms with van der Waals surface area (Å²) in [6, 6.07) is 1.96. The van der Waals surface area contributed by atoms with Crippen LogP contribution in [0.25, 0.3) is 0 Å². The second-order valence-electron chi connectivity index (χ2n) is 4.46. The zero-order valence-corrected chi connectivity index (χ0v) is 10.1. The van der Waals surface area contributed by atoms with Crippen molar-refractivity contribution in [2.45, 2.75) is 18.8 Å². The number of nitrogens with zero attached hydrogens (tertiary/aromatic N) is 5. The maximum atomic E-state index is 4.39. The highest BCUT2D eigenvalue weighted by Gasteiger charge is 2.22. The first-order chi connectivity index (χ1) is 8.93. The molecule has 1 aliphatic rings. The van der Waals surface area contributed by atoms with Crippen LogP contribution in [0.1, 0.15) is 24.5 Å². The van der Waals surface area contributed by atoms with E-state index in [-0.39, 0.29) is 0 Å². The Balaban J connectivity index is 1.65. The zero-order chi connectivity index (χ0) is 12.2. The Morgan fingerprint density at radius 1 is 1.00 bits per heavy atom. The van der Waals surface area contributed by atoms with Crippen molar-refractivity contribution in [3.8, 4) is 0 Å². The molecule has 0 saturated carbocycles. The molecule has 0 amide bonds. The quantitative estimate of drug-likeness (QED) is 0.800. The van der Waals surface area contributed by atoms with Crippen molar-refractivity contribution in [2.24, 2.45) is 0 Å². The number of aromatic nitrogens is 4. The van der Waals surface area contributed by atoms with Gasteiger partial charge in [-0.2, -0.15) is 0 Å². The van der Waals surface area contributed by atoms with Crippen LogP contribution in [0.3, 0.4) is 0 Å². The Labute approximate surface area is 106 Å². The van der Waals surface area contributed by atoms with Crippen LogP contribution in [0.5, 0.6) is 0 Å². The maximum absolute atomic E-state index is 4.39. The second kappa shape index (κ2) is 5.08. The first-order valence-electron chi connectivity index (χ1n) is 6.20. The molecule has 0 aliphatic carbocycles. The molecule has 0 N–H and O–H groups in total. The predicted octanol–water partition coefficient (Wildman–Crippen LogP) is 1.65. The molecule has 92 valence electrons. The summed E-state index contributed by atoms with van der Waals surface area (Å²) in [4.78, 5) is 19.1. The van der Waals surface area contributed by atoms with Gasteiger partial charge in [0.05, 0.1) is 5.69 Å². The molecule has 2 aromatic heterocycles. The Morgan fingerprint density at radius 2 is 1.89 bits per heavy atom. The first kappa shape index (κ1) is 11.1. The molecule has 2 aromatic rings. The fourth-order valence-corrected chi connectivity index (χ4v) is 2.40. The fourth-order valence-electron chi connectivity index (χ4n) is 2.40. The second-order valence-corrected chi connectivity index (χ2v) is 4.46. The molecule has 0 radical (unpaired) electrons. The lowest BCUT2D eigenvalue weighted by molar-refractivity contribution is 0.492. The topological polar surface area (TPSA) is 54.8 Å². The molecule has 1 aliphatic heterocycles. The van der Waals surface area contributed by atoms with Gasteiger partial charge in [0.2, 0.25) is 0 Å². The molecule has 0 bridgehead atoms. The average molecular weight is 241 g/mol. The van der Waals surface area contributed by atoms with Crippen molar-refractivity contribution in [3.63, 3.8) is 0 Å². The third-order valence-electron chi connectivity index (χ3n) is 3.39. The van der Waals surface area contributed by atoms with Gasteiger partial charge in [-0.05, 0) is 18.9 Å². The van der Waals surface area contributed by atoms with E-state index in [1.54, 1.807) is 24.9 Å². The Hall–Kier alpha value is -2.04. The monoisotopic (exact) mass is 241 g/mol. The van der Waals surface area contributed by atoms with Gasteiger partial charge >= 0.3 is 0 Å². The zero-order valence-electron chi connectivity index (χ0n) is 10.1. The molecular formula is C13H15N5. The molecule has 3 rings (SSSR count). The number of piperidine rings is 1. The van der Waals surface area contributed by atoms with Gasteiger partial charge in [0.1, 0.15) is 12.1 Å². The predicted molar refractivity (Wildman–Crippen MR) is 68.3 cm³/mol. The van der Waals surface area contributed by atoms with Gasteiger partial charge in [-0.1, -0.05) is 0 Å². The van der Waals surface area contributed by atoms with Gasteiger partial charge in [-0.25, -0.2) is 9.97 Å².